The number of fused-ring (bicyclic) bond motifs is 1. The van der Waals surface area contributed by atoms with E-state index in [4.69, 9.17) is 14.7 Å². The maximum Gasteiger partial charge on any atom is 0.270 e. The van der Waals surface area contributed by atoms with Gasteiger partial charge in [-0.25, -0.2) is 14.4 Å². The molecule has 9 nitrogen and oxygen atoms in total. The molecule has 2 aromatic carbocycles. The van der Waals surface area contributed by atoms with E-state index < -0.39 is 5.60 Å². The quantitative estimate of drug-likeness (QED) is 0.296. The number of benzene rings is 2. The van der Waals surface area contributed by atoms with E-state index in [1.165, 1.54) is 19.1 Å². The molecular formula is C29H31FN6O3. The molecule has 0 atom stereocenters. The summed E-state index contributed by atoms with van der Waals surface area (Å²) in [5.41, 5.74) is 2.15. The Kier molecular flexibility index (Phi) is 7.56. The van der Waals surface area contributed by atoms with E-state index in [0.29, 0.717) is 67.4 Å². The minimum atomic E-state index is -0.564. The average Bonchev–Trinajstić information content (AvgIpc) is 3.40. The van der Waals surface area contributed by atoms with Gasteiger partial charge in [0.25, 0.3) is 5.91 Å². The van der Waals surface area contributed by atoms with Gasteiger partial charge in [0, 0.05) is 45.8 Å². The number of rotatable bonds is 8. The van der Waals surface area contributed by atoms with E-state index in [-0.39, 0.29) is 17.6 Å². The summed E-state index contributed by atoms with van der Waals surface area (Å²) in [5, 5.41) is 6.72. The third kappa shape index (κ3) is 5.61. The second-order valence-electron chi connectivity index (χ2n) is 9.61. The van der Waals surface area contributed by atoms with Crippen molar-refractivity contribution in [3.05, 3.63) is 77.7 Å². The number of halogens is 1. The number of nitrogens with zero attached hydrogens (tertiary/aromatic N) is 3. The van der Waals surface area contributed by atoms with E-state index in [0.717, 1.165) is 11.1 Å². The Labute approximate surface area is 225 Å². The zero-order chi connectivity index (χ0) is 27.4. The van der Waals surface area contributed by atoms with Crippen molar-refractivity contribution in [1.29, 1.82) is 0 Å². The van der Waals surface area contributed by atoms with Crippen molar-refractivity contribution >= 4 is 28.7 Å². The molecule has 39 heavy (non-hydrogen) atoms. The normalized spacial score (nSPS) is 14.8. The van der Waals surface area contributed by atoms with Gasteiger partial charge in [-0.1, -0.05) is 42.5 Å². The molecule has 0 radical (unpaired) electrons. The Morgan fingerprint density at radius 1 is 1.05 bits per heavy atom. The van der Waals surface area contributed by atoms with Crippen LogP contribution in [0.25, 0.3) is 22.4 Å². The zero-order valence-corrected chi connectivity index (χ0v) is 22.0. The van der Waals surface area contributed by atoms with Gasteiger partial charge in [0.05, 0.1) is 11.0 Å². The Bertz CT molecular complexity index is 1460. The number of nitrogens with one attached hydrogen (secondary N) is 3. The summed E-state index contributed by atoms with van der Waals surface area (Å²) in [6.45, 7) is 3.34. The van der Waals surface area contributed by atoms with Crippen LogP contribution in [0.2, 0.25) is 0 Å². The lowest BCUT2D eigenvalue weighted by Crippen LogP contribution is -2.46. The lowest BCUT2D eigenvalue weighted by atomic mass is 9.84. The van der Waals surface area contributed by atoms with Crippen LogP contribution < -0.4 is 10.6 Å². The van der Waals surface area contributed by atoms with Crippen molar-refractivity contribution < 1.29 is 18.7 Å². The lowest BCUT2D eigenvalue weighted by Gasteiger charge is -2.41. The van der Waals surface area contributed by atoms with Gasteiger partial charge in [-0.2, -0.15) is 0 Å². The van der Waals surface area contributed by atoms with Gasteiger partial charge in [-0.3, -0.25) is 9.59 Å². The predicted molar refractivity (Wildman–Crippen MR) is 147 cm³/mol. The molecule has 3 heterocycles. The number of carbonyl (C=O) groups excluding carboxylic acids is 2. The summed E-state index contributed by atoms with van der Waals surface area (Å²) in [6, 6.07) is 17.7. The van der Waals surface area contributed by atoms with Crippen molar-refractivity contribution in [3.63, 3.8) is 0 Å². The van der Waals surface area contributed by atoms with Crippen LogP contribution in [0.4, 0.5) is 10.2 Å². The van der Waals surface area contributed by atoms with Crippen LogP contribution in [-0.2, 0) is 15.1 Å². The molecule has 2 aromatic heterocycles. The highest BCUT2D eigenvalue weighted by Gasteiger charge is 2.38. The first-order chi connectivity index (χ1) is 18.9. The molecule has 202 valence electrons. The fraction of sp³-hybridized carbons (Fsp3) is 0.310. The van der Waals surface area contributed by atoms with Gasteiger partial charge >= 0.3 is 0 Å². The molecule has 4 aromatic rings. The molecule has 0 spiro atoms. The van der Waals surface area contributed by atoms with E-state index in [1.807, 2.05) is 30.3 Å². The first kappa shape index (κ1) is 26.3. The van der Waals surface area contributed by atoms with Gasteiger partial charge in [0.15, 0.2) is 5.82 Å². The number of anilines is 1. The number of piperidine rings is 1. The van der Waals surface area contributed by atoms with Gasteiger partial charge < -0.3 is 25.3 Å². The van der Waals surface area contributed by atoms with Crippen LogP contribution in [-0.4, -0.2) is 65.0 Å². The first-order valence-corrected chi connectivity index (χ1v) is 12.9. The van der Waals surface area contributed by atoms with Crippen molar-refractivity contribution in [1.82, 2.24) is 25.2 Å². The van der Waals surface area contributed by atoms with Crippen LogP contribution >= 0.6 is 0 Å². The molecule has 0 unspecified atom stereocenters. The fourth-order valence-corrected chi connectivity index (χ4v) is 5.00. The monoisotopic (exact) mass is 530 g/mol. The van der Waals surface area contributed by atoms with Crippen LogP contribution in [0.1, 0.15) is 35.8 Å². The molecule has 3 N–H and O–H groups in total. The average molecular weight is 531 g/mol. The zero-order valence-electron chi connectivity index (χ0n) is 22.0. The summed E-state index contributed by atoms with van der Waals surface area (Å²) in [6.07, 6.45) is 1.18. The van der Waals surface area contributed by atoms with Crippen LogP contribution in [0, 0.1) is 5.82 Å². The number of methoxy groups -OCH3 is 1. The number of aromatic amines is 1. The number of carbonyl (C=O) groups is 2. The molecule has 1 aliphatic heterocycles. The molecule has 10 heteroatoms. The SMILES string of the molecule is COC1(c2ccc(F)cc2)CCN(C(=O)c2cc3c(NCCNC(C)=O)nc(-c4ccccc4)nc3[nH]2)CC1. The second-order valence-corrected chi connectivity index (χ2v) is 9.61. The fourth-order valence-electron chi connectivity index (χ4n) is 5.00. The highest BCUT2D eigenvalue weighted by molar-refractivity contribution is 6.00. The number of ether oxygens (including phenoxy) is 1. The number of amides is 2. The van der Waals surface area contributed by atoms with Crippen molar-refractivity contribution in [2.75, 3.05) is 38.6 Å². The number of likely N-dealkylation sites (tertiary alicyclic amines) is 1. The molecule has 1 fully saturated rings. The Morgan fingerprint density at radius 3 is 2.44 bits per heavy atom. The summed E-state index contributed by atoms with van der Waals surface area (Å²) in [7, 11) is 1.65. The largest absolute Gasteiger partial charge is 0.373 e. The molecule has 1 saturated heterocycles. The van der Waals surface area contributed by atoms with Gasteiger partial charge in [-0.15, -0.1) is 0 Å². The third-order valence-electron chi connectivity index (χ3n) is 7.16. The maximum absolute atomic E-state index is 13.5. The van der Waals surface area contributed by atoms with Crippen molar-refractivity contribution in [3.8, 4) is 11.4 Å². The predicted octanol–water partition coefficient (Wildman–Crippen LogP) is 4.09. The van der Waals surface area contributed by atoms with Crippen molar-refractivity contribution in [2.45, 2.75) is 25.4 Å². The summed E-state index contributed by atoms with van der Waals surface area (Å²) in [5.74, 6) is 0.560. The van der Waals surface area contributed by atoms with Crippen molar-refractivity contribution in [2.24, 2.45) is 0 Å². The van der Waals surface area contributed by atoms with Gasteiger partial charge in [-0.05, 0) is 36.6 Å². The highest BCUT2D eigenvalue weighted by atomic mass is 19.1. The Balaban J connectivity index is 1.38. The van der Waals surface area contributed by atoms with E-state index >= 15 is 0 Å². The molecule has 2 amide bonds. The van der Waals surface area contributed by atoms with Gasteiger partial charge in [0.1, 0.15) is 23.0 Å². The van der Waals surface area contributed by atoms with E-state index in [1.54, 1.807) is 30.2 Å². The molecular weight excluding hydrogens is 499 g/mol. The third-order valence-corrected chi connectivity index (χ3v) is 7.16. The Hall–Kier alpha value is -4.31. The summed E-state index contributed by atoms with van der Waals surface area (Å²) >= 11 is 0. The Morgan fingerprint density at radius 2 is 1.77 bits per heavy atom. The standard InChI is InChI=1S/C29H31FN6O3/c1-19(37)31-14-15-32-26-23-18-24(33-27(23)35-25(34-26)20-6-4-3-5-7-20)28(38)36-16-12-29(39-2,13-17-36)21-8-10-22(30)11-9-21/h3-11,18H,12-17H2,1-2H3,(H,31,37)(H2,32,33,34,35). The van der Waals surface area contributed by atoms with Crippen LogP contribution in [0.3, 0.4) is 0 Å². The van der Waals surface area contributed by atoms with Crippen LogP contribution in [0.5, 0.6) is 0 Å². The van der Waals surface area contributed by atoms with E-state index in [9.17, 15) is 14.0 Å². The number of H-pyrrole nitrogens is 1. The maximum atomic E-state index is 13.5. The molecule has 0 bridgehead atoms. The lowest BCUT2D eigenvalue weighted by molar-refractivity contribution is -0.118. The number of aromatic nitrogens is 3. The first-order valence-electron chi connectivity index (χ1n) is 12.9. The summed E-state index contributed by atoms with van der Waals surface area (Å²) < 4.78 is 19.4. The highest BCUT2D eigenvalue weighted by Crippen LogP contribution is 2.37. The van der Waals surface area contributed by atoms with E-state index in [2.05, 4.69) is 15.6 Å². The molecule has 1 aliphatic rings. The second kappa shape index (κ2) is 11.2. The topological polar surface area (TPSA) is 112 Å². The molecule has 5 rings (SSSR count). The molecule has 0 aliphatic carbocycles. The van der Waals surface area contributed by atoms with Crippen LogP contribution in [0.15, 0.2) is 60.7 Å². The molecule has 0 saturated carbocycles. The smallest absolute Gasteiger partial charge is 0.270 e. The van der Waals surface area contributed by atoms with Gasteiger partial charge in [0.2, 0.25) is 5.91 Å². The minimum absolute atomic E-state index is 0.109. The minimum Gasteiger partial charge on any atom is -0.373 e. The number of hydrogen-bond acceptors (Lipinski definition) is 6. The number of hydrogen-bond donors (Lipinski definition) is 3. The summed E-state index contributed by atoms with van der Waals surface area (Å²) in [4.78, 5) is 39.2.